The number of methoxy groups -OCH3 is 1. The van der Waals surface area contributed by atoms with Gasteiger partial charge in [-0.25, -0.2) is 8.42 Å². The normalized spacial score (nSPS) is 12.4. The summed E-state index contributed by atoms with van der Waals surface area (Å²) >= 11 is 6.35. The number of carbonyl (C=O) groups is 2. The van der Waals surface area contributed by atoms with Crippen LogP contribution < -0.4 is 14.4 Å². The highest BCUT2D eigenvalue weighted by atomic mass is 35.5. The second-order valence-electron chi connectivity index (χ2n) is 12.1. The number of hydrogen-bond donors (Lipinski definition) is 1. The van der Waals surface area contributed by atoms with Gasteiger partial charge in [0.05, 0.1) is 22.6 Å². The van der Waals surface area contributed by atoms with Gasteiger partial charge < -0.3 is 15.0 Å². The monoisotopic (exact) mass is 720 g/mol. The fourth-order valence-electron chi connectivity index (χ4n) is 5.33. The van der Waals surface area contributed by atoms with Crippen molar-refractivity contribution in [3.63, 3.8) is 0 Å². The van der Waals surface area contributed by atoms with Crippen molar-refractivity contribution < 1.29 is 27.7 Å². The molecule has 4 rings (SSSR count). The zero-order chi connectivity index (χ0) is 36.6. The Hall–Kier alpha value is -4.94. The molecule has 0 saturated heterocycles. The number of anilines is 1. The number of halogens is 1. The second-order valence-corrected chi connectivity index (χ2v) is 14.4. The number of benzene rings is 4. The first kappa shape index (κ1) is 37.9. The van der Waals surface area contributed by atoms with E-state index in [2.05, 4.69) is 5.32 Å². The van der Waals surface area contributed by atoms with Gasteiger partial charge in [0.25, 0.3) is 15.7 Å². The SMILES string of the molecule is CC[C@@H](C)NC(=O)[C@H](Cc1ccccc1)N(Cc1ccc(C)cc1)C(=O)CN(c1cc(Cl)ccc1OC)S(=O)(=O)c1ccc(C)c([N+](=O)[O-])c1. The van der Waals surface area contributed by atoms with Crippen LogP contribution in [0.15, 0.2) is 95.9 Å². The van der Waals surface area contributed by atoms with E-state index >= 15 is 0 Å². The fraction of sp³-hybridized carbons (Fsp3) is 0.297. The third-order valence-corrected chi connectivity index (χ3v) is 10.4. The Kier molecular flexibility index (Phi) is 12.6. The number of aryl methyl sites for hydroxylation is 2. The van der Waals surface area contributed by atoms with Crippen molar-refractivity contribution >= 4 is 44.8 Å². The van der Waals surface area contributed by atoms with Crippen LogP contribution in [0.25, 0.3) is 0 Å². The van der Waals surface area contributed by atoms with E-state index in [0.717, 1.165) is 27.1 Å². The number of rotatable bonds is 15. The van der Waals surface area contributed by atoms with E-state index in [9.17, 15) is 28.1 Å². The van der Waals surface area contributed by atoms with Crippen molar-refractivity contribution in [2.75, 3.05) is 18.0 Å². The molecule has 13 heteroatoms. The number of hydrogen-bond acceptors (Lipinski definition) is 7. The van der Waals surface area contributed by atoms with Gasteiger partial charge >= 0.3 is 0 Å². The van der Waals surface area contributed by atoms with Crippen molar-refractivity contribution in [2.45, 2.75) is 64.1 Å². The van der Waals surface area contributed by atoms with Crippen molar-refractivity contribution in [3.05, 3.63) is 128 Å². The summed E-state index contributed by atoms with van der Waals surface area (Å²) < 4.78 is 35.3. The second kappa shape index (κ2) is 16.6. The maximum Gasteiger partial charge on any atom is 0.273 e. The standard InChI is InChI=1S/C37H41ClN4O7S/c1-6-27(4)39-37(44)34(20-28-10-8-7-9-11-28)40(23-29-15-12-25(2)13-16-29)36(43)24-41(33-21-30(38)17-19-35(33)49-5)50(47,48)31-18-14-26(3)32(22-31)42(45)46/h7-19,21-22,27,34H,6,20,23-24H2,1-5H3,(H,39,44)/t27-,34+/m1/s1. The van der Waals surface area contributed by atoms with Crippen molar-refractivity contribution in [1.82, 2.24) is 10.2 Å². The molecule has 0 spiro atoms. The van der Waals surface area contributed by atoms with Crippen LogP contribution in [0.2, 0.25) is 5.02 Å². The predicted molar refractivity (Wildman–Crippen MR) is 194 cm³/mol. The summed E-state index contributed by atoms with van der Waals surface area (Å²) in [5, 5.41) is 15.0. The number of amides is 2. The predicted octanol–water partition coefficient (Wildman–Crippen LogP) is 6.62. The summed E-state index contributed by atoms with van der Waals surface area (Å²) in [6.45, 7) is 6.43. The summed E-state index contributed by atoms with van der Waals surface area (Å²) in [5.41, 5.74) is 2.32. The molecular formula is C37H41ClN4O7S. The highest BCUT2D eigenvalue weighted by Crippen LogP contribution is 2.36. The lowest BCUT2D eigenvalue weighted by molar-refractivity contribution is -0.385. The lowest BCUT2D eigenvalue weighted by Gasteiger charge is -2.34. The lowest BCUT2D eigenvalue weighted by Crippen LogP contribution is -2.54. The average molecular weight is 721 g/mol. The molecule has 0 bridgehead atoms. The van der Waals surface area contributed by atoms with E-state index in [1.165, 1.54) is 49.3 Å². The molecule has 0 aliphatic carbocycles. The Morgan fingerprint density at radius 3 is 2.26 bits per heavy atom. The molecule has 2 amide bonds. The van der Waals surface area contributed by atoms with Crippen LogP contribution >= 0.6 is 11.6 Å². The molecule has 0 aromatic heterocycles. The molecule has 50 heavy (non-hydrogen) atoms. The van der Waals surface area contributed by atoms with Gasteiger partial charge in [0.1, 0.15) is 18.3 Å². The van der Waals surface area contributed by atoms with Gasteiger partial charge in [-0.15, -0.1) is 0 Å². The first-order valence-corrected chi connectivity index (χ1v) is 17.9. The van der Waals surface area contributed by atoms with Gasteiger partial charge in [0.15, 0.2) is 0 Å². The maximum atomic E-state index is 14.7. The third-order valence-electron chi connectivity index (χ3n) is 8.40. The molecule has 0 aliphatic heterocycles. The number of nitrogens with zero attached hydrogens (tertiary/aromatic N) is 3. The van der Waals surface area contributed by atoms with Crippen LogP contribution in [0.1, 0.15) is 42.5 Å². The molecule has 4 aromatic carbocycles. The molecule has 0 saturated carbocycles. The Balaban J connectivity index is 1.89. The highest BCUT2D eigenvalue weighted by molar-refractivity contribution is 7.92. The largest absolute Gasteiger partial charge is 0.495 e. The number of ether oxygens (including phenoxy) is 1. The molecule has 0 aliphatic rings. The summed E-state index contributed by atoms with van der Waals surface area (Å²) in [6.07, 6.45) is 0.803. The Morgan fingerprint density at radius 2 is 1.64 bits per heavy atom. The Bertz CT molecular complexity index is 1940. The number of carbonyl (C=O) groups excluding carboxylic acids is 2. The van der Waals surface area contributed by atoms with E-state index in [1.54, 1.807) is 0 Å². The van der Waals surface area contributed by atoms with E-state index in [-0.39, 0.29) is 41.0 Å². The van der Waals surface area contributed by atoms with Crippen LogP contribution in [0.5, 0.6) is 5.75 Å². The molecule has 0 heterocycles. The van der Waals surface area contributed by atoms with Gasteiger partial charge in [-0.05, 0) is 62.6 Å². The third kappa shape index (κ3) is 9.19. The minimum Gasteiger partial charge on any atom is -0.495 e. The smallest absolute Gasteiger partial charge is 0.273 e. The number of nitro benzene ring substituents is 1. The van der Waals surface area contributed by atoms with Gasteiger partial charge in [-0.3, -0.25) is 24.0 Å². The van der Waals surface area contributed by atoms with Crippen LogP contribution in [-0.4, -0.2) is 55.8 Å². The molecule has 2 atom stereocenters. The highest BCUT2D eigenvalue weighted by Gasteiger charge is 2.36. The molecule has 0 unspecified atom stereocenters. The summed E-state index contributed by atoms with van der Waals surface area (Å²) in [6, 6.07) is 23.3. The topological polar surface area (TPSA) is 139 Å². The van der Waals surface area contributed by atoms with Crippen molar-refractivity contribution in [1.29, 1.82) is 0 Å². The Labute approximate surface area is 298 Å². The van der Waals surface area contributed by atoms with Crippen LogP contribution in [0.4, 0.5) is 11.4 Å². The summed E-state index contributed by atoms with van der Waals surface area (Å²) in [4.78, 5) is 40.9. The van der Waals surface area contributed by atoms with Crippen molar-refractivity contribution in [3.8, 4) is 5.75 Å². The first-order valence-electron chi connectivity index (χ1n) is 16.1. The van der Waals surface area contributed by atoms with Gasteiger partial charge in [0, 0.05) is 35.7 Å². The minimum atomic E-state index is -4.67. The van der Waals surface area contributed by atoms with Crippen LogP contribution in [-0.2, 0) is 32.6 Å². The first-order chi connectivity index (χ1) is 23.7. The molecular weight excluding hydrogens is 680 g/mol. The van der Waals surface area contributed by atoms with Crippen molar-refractivity contribution in [2.24, 2.45) is 0 Å². The van der Waals surface area contributed by atoms with E-state index < -0.39 is 49.9 Å². The molecule has 0 radical (unpaired) electrons. The Morgan fingerprint density at radius 1 is 0.960 bits per heavy atom. The maximum absolute atomic E-state index is 14.7. The van der Waals surface area contributed by atoms with E-state index in [0.29, 0.717) is 6.42 Å². The molecule has 4 aromatic rings. The fourth-order valence-corrected chi connectivity index (χ4v) is 6.93. The molecule has 11 nitrogen and oxygen atoms in total. The van der Waals surface area contributed by atoms with Gasteiger partial charge in [-0.1, -0.05) is 84.8 Å². The summed E-state index contributed by atoms with van der Waals surface area (Å²) in [5.74, 6) is -1.00. The van der Waals surface area contributed by atoms with Crippen LogP contribution in [0.3, 0.4) is 0 Å². The number of sulfonamides is 1. The molecule has 0 fully saturated rings. The zero-order valence-electron chi connectivity index (χ0n) is 28.6. The van der Waals surface area contributed by atoms with Gasteiger partial charge in [0.2, 0.25) is 11.8 Å². The lowest BCUT2D eigenvalue weighted by atomic mass is 10.0. The number of nitrogens with one attached hydrogen (secondary N) is 1. The zero-order valence-corrected chi connectivity index (χ0v) is 30.2. The quantitative estimate of drug-likeness (QED) is 0.108. The minimum absolute atomic E-state index is 0.0128. The molecule has 264 valence electrons. The number of nitro groups is 1. The van der Waals surface area contributed by atoms with E-state index in [4.69, 9.17) is 16.3 Å². The summed E-state index contributed by atoms with van der Waals surface area (Å²) in [7, 11) is -3.33. The van der Waals surface area contributed by atoms with Gasteiger partial charge in [-0.2, -0.15) is 0 Å². The molecule has 1 N–H and O–H groups in total. The van der Waals surface area contributed by atoms with Crippen LogP contribution in [0, 0.1) is 24.0 Å². The average Bonchev–Trinajstić information content (AvgIpc) is 3.09. The van der Waals surface area contributed by atoms with E-state index in [1.807, 2.05) is 75.4 Å².